The number of nitrogens with zero attached hydrogens (tertiary/aromatic N) is 3. The Morgan fingerprint density at radius 2 is 2.25 bits per heavy atom. The van der Waals surface area contributed by atoms with Crippen LogP contribution in [-0.4, -0.2) is 14.7 Å². The predicted molar refractivity (Wildman–Crippen MR) is 78.4 cm³/mol. The molecule has 1 heterocycles. The minimum Gasteiger partial charge on any atom is -0.438 e. The average Bonchev–Trinajstić information content (AvgIpc) is 2.66. The van der Waals surface area contributed by atoms with Crippen molar-refractivity contribution in [2.45, 2.75) is 12.8 Å². The fraction of sp³-hybridized carbons (Fsp3) is 0.250. The van der Waals surface area contributed by atoms with Gasteiger partial charge in [0.15, 0.2) is 5.75 Å². The molecule has 0 atom stereocenters. The normalized spacial score (nSPS) is 10.6. The van der Waals surface area contributed by atoms with Gasteiger partial charge in [-0.2, -0.15) is 5.10 Å². The lowest BCUT2D eigenvalue weighted by Crippen LogP contribution is -1.98. The van der Waals surface area contributed by atoms with Crippen molar-refractivity contribution < 1.29 is 9.66 Å². The first-order valence-electron chi connectivity index (χ1n) is 5.64. The maximum absolute atomic E-state index is 10.8. The van der Waals surface area contributed by atoms with E-state index in [-0.39, 0.29) is 11.6 Å². The van der Waals surface area contributed by atoms with Gasteiger partial charge in [-0.1, -0.05) is 0 Å². The lowest BCUT2D eigenvalue weighted by atomic mass is 10.3. The highest BCUT2D eigenvalue weighted by molar-refractivity contribution is 9.10. The molecule has 0 aliphatic rings. The molecule has 0 saturated heterocycles. The Hall–Kier alpha value is -1.60. The van der Waals surface area contributed by atoms with Gasteiger partial charge in [-0.05, 0) is 28.9 Å². The zero-order chi connectivity index (χ0) is 14.9. The highest BCUT2D eigenvalue weighted by Gasteiger charge is 2.17. The summed E-state index contributed by atoms with van der Waals surface area (Å²) in [7, 11) is 1.73. The number of nitro groups is 1. The molecule has 20 heavy (non-hydrogen) atoms. The van der Waals surface area contributed by atoms with Crippen molar-refractivity contribution in [1.82, 2.24) is 9.78 Å². The smallest absolute Gasteiger partial charge is 0.273 e. The van der Waals surface area contributed by atoms with E-state index in [0.29, 0.717) is 16.1 Å². The molecule has 2 aromatic rings. The van der Waals surface area contributed by atoms with Gasteiger partial charge in [0, 0.05) is 13.1 Å². The van der Waals surface area contributed by atoms with Crippen LogP contribution in [0.2, 0.25) is 0 Å². The van der Waals surface area contributed by atoms with Crippen LogP contribution in [0.1, 0.15) is 11.3 Å². The van der Waals surface area contributed by atoms with E-state index in [0.717, 1.165) is 11.3 Å². The number of aromatic nitrogens is 2. The van der Waals surface area contributed by atoms with E-state index < -0.39 is 4.92 Å². The van der Waals surface area contributed by atoms with Gasteiger partial charge in [0.1, 0.15) is 0 Å². The van der Waals surface area contributed by atoms with Crippen LogP contribution in [0.25, 0.3) is 0 Å². The van der Waals surface area contributed by atoms with Gasteiger partial charge in [0.2, 0.25) is 5.88 Å². The predicted octanol–water partition coefficient (Wildman–Crippen LogP) is 3.93. The fourth-order valence-corrected chi connectivity index (χ4v) is 2.39. The van der Waals surface area contributed by atoms with Crippen LogP contribution < -0.4 is 4.74 Å². The molecule has 0 N–H and O–H groups in total. The van der Waals surface area contributed by atoms with Gasteiger partial charge < -0.3 is 4.74 Å². The summed E-state index contributed by atoms with van der Waals surface area (Å²) in [5.41, 5.74) is 1.47. The number of halogens is 2. The van der Waals surface area contributed by atoms with Gasteiger partial charge in [0.05, 0.1) is 32.6 Å². The molecule has 8 heteroatoms. The van der Waals surface area contributed by atoms with Crippen molar-refractivity contribution in [2.75, 3.05) is 0 Å². The summed E-state index contributed by atoms with van der Waals surface area (Å²) in [6.45, 7) is 1.83. The first kappa shape index (κ1) is 14.8. The Morgan fingerprint density at radius 3 is 2.85 bits per heavy atom. The summed E-state index contributed by atoms with van der Waals surface area (Å²) in [5, 5.41) is 15.0. The summed E-state index contributed by atoms with van der Waals surface area (Å²) >= 11 is 9.19. The Labute approximate surface area is 128 Å². The molecule has 106 valence electrons. The van der Waals surface area contributed by atoms with Crippen LogP contribution in [0.3, 0.4) is 0 Å². The summed E-state index contributed by atoms with van der Waals surface area (Å²) in [6, 6.07) is 4.31. The second-order valence-corrected chi connectivity index (χ2v) is 5.22. The number of alkyl halides is 1. The number of ether oxygens (including phenoxy) is 1. The SMILES string of the molecule is Cc1nn(C)c(Oc2cc([N+](=O)[O-])ccc2Br)c1CCl. The minimum atomic E-state index is -0.476. The van der Waals surface area contributed by atoms with Crippen molar-refractivity contribution in [2.24, 2.45) is 7.05 Å². The molecule has 0 bridgehead atoms. The molecule has 0 radical (unpaired) electrons. The standard InChI is InChI=1S/C12H11BrClN3O3/c1-7-9(6-14)12(16(2)15-7)20-11-5-8(17(18)19)3-4-10(11)13/h3-5H,6H2,1-2H3. The van der Waals surface area contributed by atoms with Crippen LogP contribution >= 0.6 is 27.5 Å². The maximum Gasteiger partial charge on any atom is 0.273 e. The third-order valence-electron chi connectivity index (χ3n) is 2.75. The molecule has 1 aromatic heterocycles. The molecule has 0 unspecified atom stereocenters. The molecule has 0 spiro atoms. The molecule has 0 aliphatic carbocycles. The largest absolute Gasteiger partial charge is 0.438 e. The van der Waals surface area contributed by atoms with Gasteiger partial charge in [-0.3, -0.25) is 10.1 Å². The number of benzene rings is 1. The molecular formula is C12H11BrClN3O3. The third-order valence-corrected chi connectivity index (χ3v) is 3.68. The summed E-state index contributed by atoms with van der Waals surface area (Å²) in [6.07, 6.45) is 0. The van der Waals surface area contributed by atoms with Crippen molar-refractivity contribution in [1.29, 1.82) is 0 Å². The fourth-order valence-electron chi connectivity index (χ4n) is 1.75. The Balaban J connectivity index is 2.44. The molecule has 2 rings (SSSR count). The van der Waals surface area contributed by atoms with Crippen LogP contribution in [0.5, 0.6) is 11.6 Å². The Kier molecular flexibility index (Phi) is 4.29. The van der Waals surface area contributed by atoms with Crippen molar-refractivity contribution >= 4 is 33.2 Å². The first-order valence-corrected chi connectivity index (χ1v) is 6.97. The van der Waals surface area contributed by atoms with E-state index >= 15 is 0 Å². The van der Waals surface area contributed by atoms with Gasteiger partial charge in [-0.15, -0.1) is 11.6 Å². The number of rotatable bonds is 4. The van der Waals surface area contributed by atoms with E-state index in [1.165, 1.54) is 12.1 Å². The second-order valence-electron chi connectivity index (χ2n) is 4.10. The molecule has 0 fully saturated rings. The lowest BCUT2D eigenvalue weighted by Gasteiger charge is -2.09. The van der Waals surface area contributed by atoms with E-state index in [9.17, 15) is 10.1 Å². The highest BCUT2D eigenvalue weighted by atomic mass is 79.9. The van der Waals surface area contributed by atoms with Crippen LogP contribution in [0.4, 0.5) is 5.69 Å². The topological polar surface area (TPSA) is 70.2 Å². The van der Waals surface area contributed by atoms with E-state index in [2.05, 4.69) is 21.0 Å². The maximum atomic E-state index is 10.8. The van der Waals surface area contributed by atoms with Gasteiger partial charge >= 0.3 is 0 Å². The zero-order valence-corrected chi connectivity index (χ0v) is 13.1. The van der Waals surface area contributed by atoms with E-state index in [1.54, 1.807) is 17.8 Å². The van der Waals surface area contributed by atoms with Gasteiger partial charge in [-0.25, -0.2) is 4.68 Å². The molecule has 0 aliphatic heterocycles. The third kappa shape index (κ3) is 2.78. The number of hydrogen-bond donors (Lipinski definition) is 0. The molecule has 6 nitrogen and oxygen atoms in total. The van der Waals surface area contributed by atoms with E-state index in [1.807, 2.05) is 6.92 Å². The van der Waals surface area contributed by atoms with Crippen LogP contribution in [-0.2, 0) is 12.9 Å². The number of nitro benzene ring substituents is 1. The summed E-state index contributed by atoms with van der Waals surface area (Å²) < 4.78 is 7.91. The first-order chi connectivity index (χ1) is 9.43. The quantitative estimate of drug-likeness (QED) is 0.470. The van der Waals surface area contributed by atoms with Gasteiger partial charge in [0.25, 0.3) is 5.69 Å². The van der Waals surface area contributed by atoms with Crippen LogP contribution in [0, 0.1) is 17.0 Å². The number of hydrogen-bond acceptors (Lipinski definition) is 4. The van der Waals surface area contributed by atoms with Crippen molar-refractivity contribution in [3.8, 4) is 11.6 Å². The Morgan fingerprint density at radius 1 is 1.55 bits per heavy atom. The highest BCUT2D eigenvalue weighted by Crippen LogP contribution is 2.35. The molecule has 0 amide bonds. The molecule has 1 aromatic carbocycles. The summed E-state index contributed by atoms with van der Waals surface area (Å²) in [5.74, 6) is 1.06. The van der Waals surface area contributed by atoms with Crippen LogP contribution in [0.15, 0.2) is 22.7 Å². The lowest BCUT2D eigenvalue weighted by molar-refractivity contribution is -0.384. The average molecular weight is 361 g/mol. The van der Waals surface area contributed by atoms with Crippen molar-refractivity contribution in [3.63, 3.8) is 0 Å². The Bertz CT molecular complexity index is 672. The molecule has 0 saturated carbocycles. The second kappa shape index (κ2) is 5.80. The summed E-state index contributed by atoms with van der Waals surface area (Å²) in [4.78, 5) is 10.3. The zero-order valence-electron chi connectivity index (χ0n) is 10.8. The number of aryl methyl sites for hydroxylation is 2. The monoisotopic (exact) mass is 359 g/mol. The molecular weight excluding hydrogens is 350 g/mol. The van der Waals surface area contributed by atoms with E-state index in [4.69, 9.17) is 16.3 Å². The minimum absolute atomic E-state index is 0.0467. The number of non-ortho nitro benzene ring substituents is 1. The van der Waals surface area contributed by atoms with Crippen molar-refractivity contribution in [3.05, 3.63) is 44.0 Å².